The fourth-order valence-electron chi connectivity index (χ4n) is 2.99. The van der Waals surface area contributed by atoms with Crippen LogP contribution in [0.5, 0.6) is 11.5 Å². The maximum Gasteiger partial charge on any atom is 0.258 e. The maximum atomic E-state index is 13.4. The summed E-state index contributed by atoms with van der Waals surface area (Å²) in [5.41, 5.74) is 2.25. The first-order chi connectivity index (χ1) is 11.8. The van der Waals surface area contributed by atoms with E-state index in [1.807, 2.05) is 13.8 Å². The number of nitrogens with zero attached hydrogens (tertiary/aromatic N) is 1. The van der Waals surface area contributed by atoms with Gasteiger partial charge in [0.25, 0.3) is 5.91 Å². The van der Waals surface area contributed by atoms with Crippen molar-refractivity contribution < 1.29 is 19.4 Å². The van der Waals surface area contributed by atoms with Crippen LogP contribution in [0.3, 0.4) is 0 Å². The van der Waals surface area contributed by atoms with Crippen LogP contribution < -0.4 is 0 Å². The lowest BCUT2D eigenvalue weighted by Crippen LogP contribution is -2.23. The van der Waals surface area contributed by atoms with Gasteiger partial charge >= 0.3 is 0 Å². The molecule has 25 heavy (non-hydrogen) atoms. The van der Waals surface area contributed by atoms with Crippen molar-refractivity contribution in [3.8, 4) is 11.5 Å². The Morgan fingerprint density at radius 2 is 2.00 bits per heavy atom. The van der Waals surface area contributed by atoms with Crippen LogP contribution in [0.15, 0.2) is 29.2 Å². The lowest BCUT2D eigenvalue weighted by Gasteiger charge is -2.16. The molecule has 0 radical (unpaired) electrons. The third kappa shape index (κ3) is 3.31. The quantitative estimate of drug-likeness (QED) is 0.633. The molecule has 6 heteroatoms. The van der Waals surface area contributed by atoms with Crippen molar-refractivity contribution in [3.05, 3.63) is 52.3 Å². The molecule has 2 aromatic rings. The molecule has 1 aliphatic rings. The molecule has 0 aliphatic carbocycles. The van der Waals surface area contributed by atoms with E-state index in [2.05, 4.69) is 0 Å². The lowest BCUT2D eigenvalue weighted by atomic mass is 10.1. The van der Waals surface area contributed by atoms with Gasteiger partial charge in [0, 0.05) is 28.8 Å². The lowest BCUT2D eigenvalue weighted by molar-refractivity contribution is 0.0764. The molecular formula is C19H20FNO3S. The number of aryl methyl sites for hydroxylation is 1. The molecule has 0 saturated heterocycles. The van der Waals surface area contributed by atoms with Crippen molar-refractivity contribution in [2.45, 2.75) is 44.0 Å². The summed E-state index contributed by atoms with van der Waals surface area (Å²) < 4.78 is 13.4. The molecular weight excluding hydrogens is 341 g/mol. The van der Waals surface area contributed by atoms with Crippen LogP contribution in [0.2, 0.25) is 0 Å². The average molecular weight is 361 g/mol. The summed E-state index contributed by atoms with van der Waals surface area (Å²) in [4.78, 5) is 15.1. The van der Waals surface area contributed by atoms with Gasteiger partial charge in [0.15, 0.2) is 11.5 Å². The van der Waals surface area contributed by atoms with Crippen LogP contribution in [-0.4, -0.2) is 26.3 Å². The predicted octanol–water partition coefficient (Wildman–Crippen LogP) is 4.20. The van der Waals surface area contributed by atoms with Gasteiger partial charge in [0.2, 0.25) is 0 Å². The monoisotopic (exact) mass is 361 g/mol. The third-order valence-corrected chi connectivity index (χ3v) is 5.24. The molecule has 3 rings (SSSR count). The summed E-state index contributed by atoms with van der Waals surface area (Å²) >= 11 is 1.54. The van der Waals surface area contributed by atoms with E-state index in [0.29, 0.717) is 18.7 Å². The minimum atomic E-state index is -0.370. The van der Waals surface area contributed by atoms with Gasteiger partial charge < -0.3 is 15.1 Å². The molecule has 0 saturated carbocycles. The number of phenols is 2. The minimum absolute atomic E-state index is 0.169. The number of amides is 1. The van der Waals surface area contributed by atoms with E-state index in [0.717, 1.165) is 16.0 Å². The molecule has 0 unspecified atom stereocenters. The number of rotatable bonds is 4. The number of hydrogen-bond donors (Lipinski definition) is 2. The van der Waals surface area contributed by atoms with Crippen molar-refractivity contribution in [1.82, 2.24) is 4.90 Å². The van der Waals surface area contributed by atoms with Crippen LogP contribution in [0.25, 0.3) is 0 Å². The molecule has 2 aromatic carbocycles. The number of fused-ring (bicyclic) bond motifs is 1. The highest BCUT2D eigenvalue weighted by atomic mass is 32.2. The normalized spacial score (nSPS) is 13.6. The topological polar surface area (TPSA) is 60.8 Å². The van der Waals surface area contributed by atoms with E-state index in [1.165, 1.54) is 12.1 Å². The SMILES string of the molecule is Cc1cc(CN2Cc3c(SC(C)C)cc(O)c(O)c3C2=O)ccc1F. The summed E-state index contributed by atoms with van der Waals surface area (Å²) in [6.45, 7) is 6.41. The summed E-state index contributed by atoms with van der Waals surface area (Å²) in [6.07, 6.45) is 0. The second-order valence-electron chi connectivity index (χ2n) is 6.51. The Morgan fingerprint density at radius 1 is 1.28 bits per heavy atom. The van der Waals surface area contributed by atoms with E-state index in [-0.39, 0.29) is 34.0 Å². The van der Waals surface area contributed by atoms with E-state index in [1.54, 1.807) is 35.7 Å². The van der Waals surface area contributed by atoms with Crippen LogP contribution in [0.4, 0.5) is 4.39 Å². The number of benzene rings is 2. The summed E-state index contributed by atoms with van der Waals surface area (Å²) in [5, 5.41) is 20.4. The number of hydrogen-bond acceptors (Lipinski definition) is 4. The number of aromatic hydroxyl groups is 2. The average Bonchev–Trinajstić information content (AvgIpc) is 2.85. The number of carbonyl (C=O) groups excluding carboxylic acids is 1. The van der Waals surface area contributed by atoms with Crippen molar-refractivity contribution in [2.24, 2.45) is 0 Å². The van der Waals surface area contributed by atoms with Crippen LogP contribution in [-0.2, 0) is 13.1 Å². The second-order valence-corrected chi connectivity index (χ2v) is 8.13. The highest BCUT2D eigenvalue weighted by molar-refractivity contribution is 8.00. The summed E-state index contributed by atoms with van der Waals surface area (Å²) in [6, 6.07) is 6.27. The first-order valence-electron chi connectivity index (χ1n) is 8.06. The molecule has 0 spiro atoms. The zero-order valence-corrected chi connectivity index (χ0v) is 15.2. The number of carbonyl (C=O) groups is 1. The van der Waals surface area contributed by atoms with Gasteiger partial charge in [-0.25, -0.2) is 4.39 Å². The van der Waals surface area contributed by atoms with Gasteiger partial charge in [-0.15, -0.1) is 11.8 Å². The van der Waals surface area contributed by atoms with Gasteiger partial charge in [0.1, 0.15) is 5.82 Å². The highest BCUT2D eigenvalue weighted by Gasteiger charge is 2.34. The van der Waals surface area contributed by atoms with Crippen LogP contribution in [0, 0.1) is 12.7 Å². The molecule has 1 heterocycles. The molecule has 4 nitrogen and oxygen atoms in total. The number of thioether (sulfide) groups is 1. The first-order valence-corrected chi connectivity index (χ1v) is 8.94. The van der Waals surface area contributed by atoms with Crippen LogP contribution >= 0.6 is 11.8 Å². The van der Waals surface area contributed by atoms with E-state index in [9.17, 15) is 19.4 Å². The predicted molar refractivity (Wildman–Crippen MR) is 95.5 cm³/mol. The fraction of sp³-hybridized carbons (Fsp3) is 0.316. The zero-order valence-electron chi connectivity index (χ0n) is 14.3. The van der Waals surface area contributed by atoms with E-state index in [4.69, 9.17) is 0 Å². The van der Waals surface area contributed by atoms with E-state index >= 15 is 0 Å². The Kier molecular flexibility index (Phi) is 4.64. The molecule has 0 atom stereocenters. The van der Waals surface area contributed by atoms with Gasteiger partial charge in [-0.2, -0.15) is 0 Å². The molecule has 132 valence electrons. The second kappa shape index (κ2) is 6.59. The summed E-state index contributed by atoms with van der Waals surface area (Å²) in [5.74, 6) is -1.26. The number of phenolic OH excluding ortho intramolecular Hbond substituents is 2. The van der Waals surface area contributed by atoms with Crippen LogP contribution in [0.1, 0.15) is 40.9 Å². The van der Waals surface area contributed by atoms with Crippen molar-refractivity contribution in [3.63, 3.8) is 0 Å². The Hall–Kier alpha value is -2.21. The molecule has 0 bridgehead atoms. The van der Waals surface area contributed by atoms with Crippen molar-refractivity contribution in [1.29, 1.82) is 0 Å². The first kappa shape index (κ1) is 17.6. The Morgan fingerprint density at radius 3 is 2.64 bits per heavy atom. The largest absolute Gasteiger partial charge is 0.504 e. The number of halogens is 1. The van der Waals surface area contributed by atoms with E-state index < -0.39 is 0 Å². The molecule has 0 fully saturated rings. The van der Waals surface area contributed by atoms with Crippen molar-refractivity contribution >= 4 is 17.7 Å². The molecule has 0 aromatic heterocycles. The Labute approximate surface area is 150 Å². The zero-order chi connectivity index (χ0) is 18.3. The Bertz CT molecular complexity index is 851. The molecule has 1 aliphatic heterocycles. The molecule has 1 amide bonds. The summed E-state index contributed by atoms with van der Waals surface area (Å²) in [7, 11) is 0. The van der Waals surface area contributed by atoms with Gasteiger partial charge in [-0.05, 0) is 30.2 Å². The standard InChI is InChI=1S/C19H20FNO3S/c1-10(2)25-16-7-15(22)18(23)17-13(16)9-21(19(17)24)8-12-4-5-14(20)11(3)6-12/h4-7,10,22-23H,8-9H2,1-3H3. The molecule has 2 N–H and O–H groups in total. The van der Waals surface area contributed by atoms with Gasteiger partial charge in [-0.1, -0.05) is 26.0 Å². The maximum absolute atomic E-state index is 13.4. The van der Waals surface area contributed by atoms with Crippen molar-refractivity contribution in [2.75, 3.05) is 0 Å². The highest BCUT2D eigenvalue weighted by Crippen LogP contribution is 2.44. The van der Waals surface area contributed by atoms with Gasteiger partial charge in [-0.3, -0.25) is 4.79 Å². The third-order valence-electron chi connectivity index (χ3n) is 4.15. The fourth-order valence-corrected chi connectivity index (χ4v) is 3.99. The van der Waals surface area contributed by atoms with Gasteiger partial charge in [0.05, 0.1) is 5.56 Å². The smallest absolute Gasteiger partial charge is 0.258 e. The Balaban J connectivity index is 1.94. The minimum Gasteiger partial charge on any atom is -0.504 e.